The van der Waals surface area contributed by atoms with Gasteiger partial charge in [0.05, 0.1) is 0 Å². The number of hydrogen-bond acceptors (Lipinski definition) is 5. The van der Waals surface area contributed by atoms with E-state index in [0.717, 1.165) is 19.3 Å². The van der Waals surface area contributed by atoms with Crippen molar-refractivity contribution in [2.45, 2.75) is 71.6 Å². The van der Waals surface area contributed by atoms with E-state index in [4.69, 9.17) is 9.47 Å². The molecule has 1 rings (SSSR count). The van der Waals surface area contributed by atoms with Crippen LogP contribution in [0.4, 0.5) is 13.2 Å². The Bertz CT molecular complexity index is 953. The Morgan fingerprint density at radius 3 is 2.40 bits per heavy atom. The summed E-state index contributed by atoms with van der Waals surface area (Å²) in [6, 6.07) is 2.64. The minimum absolute atomic E-state index is 0.220. The number of aromatic carboxylic acids is 1. The molecule has 1 unspecified atom stereocenters. The van der Waals surface area contributed by atoms with Gasteiger partial charge in [0.2, 0.25) is 0 Å². The van der Waals surface area contributed by atoms with Gasteiger partial charge in [0.1, 0.15) is 16.9 Å². The van der Waals surface area contributed by atoms with E-state index < -0.39 is 24.4 Å². The monoisotopic (exact) mass is 501 g/mol. The second-order valence-electron chi connectivity index (χ2n) is 9.78. The maximum absolute atomic E-state index is 12.7. The minimum Gasteiger partial charge on any atom is -0.483 e. The molecule has 0 amide bonds. The summed E-state index contributed by atoms with van der Waals surface area (Å²) < 4.78 is 48.5. The average molecular weight is 502 g/mol. The number of carbonyl (C=O) groups excluding carboxylic acids is 1. The van der Waals surface area contributed by atoms with E-state index in [1.54, 1.807) is 6.08 Å². The first-order valence-electron chi connectivity index (χ1n) is 11.8. The van der Waals surface area contributed by atoms with Crippen LogP contribution in [0, 0.1) is 5.92 Å². The maximum atomic E-state index is 12.7. The summed E-state index contributed by atoms with van der Waals surface area (Å²) in [5.41, 5.74) is -0.856. The molecule has 0 saturated heterocycles. The highest BCUT2D eigenvalue weighted by Gasteiger charge is 2.29. The highest BCUT2D eigenvalue weighted by molar-refractivity contribution is 5.91. The standard InChI is InChI=1S/C26H38F3NO5/c1-7-9-19(10-8-11-22(31)35-25(3,4)5)16-30(6)15-14-20-18(2)12-13-21(24(32)33)23(20)34-17-26(27,28)29/h12-14,19H,2,7-11,15-17H2,1,3-6H3,(H,32,33)/b20-14+. The SMILES string of the molecule is C=c1ccc(C(=O)O)c(OCC(F)(F)F)/c1=C/CN(C)CC(CCC)CCCC(=O)OC(C)(C)C. The average Bonchev–Trinajstić information content (AvgIpc) is 2.69. The number of ether oxygens (including phenoxy) is 2. The molecule has 0 bridgehead atoms. The lowest BCUT2D eigenvalue weighted by Gasteiger charge is -2.23. The number of halogens is 3. The lowest BCUT2D eigenvalue weighted by Crippen LogP contribution is -2.33. The van der Waals surface area contributed by atoms with Gasteiger partial charge in [-0.05, 0) is 64.3 Å². The fourth-order valence-corrected chi connectivity index (χ4v) is 3.77. The van der Waals surface area contributed by atoms with Crippen molar-refractivity contribution in [2.75, 3.05) is 26.7 Å². The molecule has 35 heavy (non-hydrogen) atoms. The molecule has 6 nitrogen and oxygen atoms in total. The molecular weight excluding hydrogens is 463 g/mol. The van der Waals surface area contributed by atoms with Gasteiger partial charge in [0.15, 0.2) is 6.61 Å². The molecule has 0 spiro atoms. The third-order valence-electron chi connectivity index (χ3n) is 5.18. The molecule has 0 heterocycles. The number of hydrogen-bond donors (Lipinski definition) is 1. The molecule has 0 aliphatic heterocycles. The van der Waals surface area contributed by atoms with Crippen molar-refractivity contribution in [3.8, 4) is 5.75 Å². The van der Waals surface area contributed by atoms with Crippen LogP contribution in [0.3, 0.4) is 0 Å². The Labute approximate surface area is 205 Å². The van der Waals surface area contributed by atoms with Crippen molar-refractivity contribution >= 4 is 24.6 Å². The van der Waals surface area contributed by atoms with E-state index in [1.807, 2.05) is 32.7 Å². The molecule has 1 N–H and O–H groups in total. The number of carbonyl (C=O) groups is 2. The largest absolute Gasteiger partial charge is 0.483 e. The van der Waals surface area contributed by atoms with Gasteiger partial charge < -0.3 is 19.5 Å². The van der Waals surface area contributed by atoms with Crippen LogP contribution in [-0.2, 0) is 9.53 Å². The topological polar surface area (TPSA) is 76.1 Å². The summed E-state index contributed by atoms with van der Waals surface area (Å²) in [6.07, 6.45) is 0.877. The first-order chi connectivity index (χ1) is 16.1. The van der Waals surface area contributed by atoms with Crippen LogP contribution in [0.2, 0.25) is 0 Å². The van der Waals surface area contributed by atoms with Gasteiger partial charge in [-0.2, -0.15) is 13.2 Å². The minimum atomic E-state index is -4.60. The first kappa shape index (κ1) is 30.5. The third-order valence-corrected chi connectivity index (χ3v) is 5.18. The Morgan fingerprint density at radius 1 is 1.20 bits per heavy atom. The molecular formula is C26H38F3NO5. The van der Waals surface area contributed by atoms with Gasteiger partial charge in [0.25, 0.3) is 0 Å². The van der Waals surface area contributed by atoms with E-state index in [2.05, 4.69) is 13.5 Å². The zero-order chi connectivity index (χ0) is 26.8. The van der Waals surface area contributed by atoms with Crippen molar-refractivity contribution in [3.63, 3.8) is 0 Å². The molecule has 0 radical (unpaired) electrons. The number of esters is 1. The molecule has 1 aromatic carbocycles. The van der Waals surface area contributed by atoms with Crippen LogP contribution in [0.1, 0.15) is 70.2 Å². The van der Waals surface area contributed by atoms with Crippen molar-refractivity contribution < 1.29 is 37.3 Å². The van der Waals surface area contributed by atoms with E-state index in [9.17, 15) is 27.9 Å². The molecule has 1 aromatic rings. The van der Waals surface area contributed by atoms with Gasteiger partial charge in [-0.25, -0.2) is 4.79 Å². The summed E-state index contributed by atoms with van der Waals surface area (Å²) in [6.45, 7) is 10.9. The first-order valence-corrected chi connectivity index (χ1v) is 11.8. The molecule has 9 heteroatoms. The second-order valence-corrected chi connectivity index (χ2v) is 9.78. The highest BCUT2D eigenvalue weighted by atomic mass is 19.4. The van der Waals surface area contributed by atoms with Gasteiger partial charge in [0, 0.05) is 24.7 Å². The number of carboxylic acid groups (broad SMARTS) is 1. The molecule has 0 aliphatic rings. The Morgan fingerprint density at radius 2 is 1.86 bits per heavy atom. The zero-order valence-electron chi connectivity index (χ0n) is 21.3. The molecule has 1 atom stereocenters. The summed E-state index contributed by atoms with van der Waals surface area (Å²) in [5, 5.41) is 10.0. The fourth-order valence-electron chi connectivity index (χ4n) is 3.77. The van der Waals surface area contributed by atoms with Crippen LogP contribution >= 0.6 is 0 Å². The van der Waals surface area contributed by atoms with Crippen LogP contribution in [0.5, 0.6) is 5.75 Å². The lowest BCUT2D eigenvalue weighted by molar-refractivity contribution is -0.155. The lowest BCUT2D eigenvalue weighted by atomic mass is 9.96. The normalized spacial score (nSPS) is 13.7. The maximum Gasteiger partial charge on any atom is 0.422 e. The summed E-state index contributed by atoms with van der Waals surface area (Å²) in [5.74, 6) is -1.61. The van der Waals surface area contributed by atoms with Crippen molar-refractivity contribution in [2.24, 2.45) is 5.92 Å². The van der Waals surface area contributed by atoms with Crippen molar-refractivity contribution in [1.82, 2.24) is 4.90 Å². The predicted octanol–water partition coefficient (Wildman–Crippen LogP) is 4.38. The summed E-state index contributed by atoms with van der Waals surface area (Å²) >= 11 is 0. The molecule has 0 fully saturated rings. The quantitative estimate of drug-likeness (QED) is 0.405. The summed E-state index contributed by atoms with van der Waals surface area (Å²) in [4.78, 5) is 25.5. The number of carboxylic acids is 1. The second kappa shape index (κ2) is 13.5. The third kappa shape index (κ3) is 12.1. The molecule has 0 aromatic heterocycles. The molecule has 0 aliphatic carbocycles. The van der Waals surface area contributed by atoms with Crippen LogP contribution in [-0.4, -0.2) is 60.5 Å². The van der Waals surface area contributed by atoms with Crippen molar-refractivity contribution in [1.29, 1.82) is 0 Å². The highest BCUT2D eigenvalue weighted by Crippen LogP contribution is 2.20. The van der Waals surface area contributed by atoms with E-state index >= 15 is 0 Å². The van der Waals surface area contributed by atoms with E-state index in [0.29, 0.717) is 37.1 Å². The van der Waals surface area contributed by atoms with Gasteiger partial charge >= 0.3 is 18.1 Å². The zero-order valence-corrected chi connectivity index (χ0v) is 21.3. The molecule has 0 saturated carbocycles. The molecule has 198 valence electrons. The fraction of sp³-hybridized carbons (Fsp3) is 0.615. The van der Waals surface area contributed by atoms with Gasteiger partial charge in [-0.3, -0.25) is 4.79 Å². The smallest absolute Gasteiger partial charge is 0.422 e. The number of nitrogens with zero attached hydrogens (tertiary/aromatic N) is 1. The predicted molar refractivity (Wildman–Crippen MR) is 130 cm³/mol. The summed E-state index contributed by atoms with van der Waals surface area (Å²) in [7, 11) is 1.88. The number of rotatable bonds is 13. The van der Waals surface area contributed by atoms with E-state index in [1.165, 1.54) is 12.1 Å². The van der Waals surface area contributed by atoms with Crippen LogP contribution in [0.25, 0.3) is 12.7 Å². The van der Waals surface area contributed by atoms with Gasteiger partial charge in [-0.1, -0.05) is 32.1 Å². The number of benzene rings is 1. The van der Waals surface area contributed by atoms with Gasteiger partial charge in [-0.15, -0.1) is 0 Å². The van der Waals surface area contributed by atoms with E-state index in [-0.39, 0.29) is 22.5 Å². The Kier molecular flexibility index (Phi) is 11.8. The Balaban J connectivity index is 2.93. The van der Waals surface area contributed by atoms with Crippen molar-refractivity contribution in [3.05, 3.63) is 28.1 Å². The Hall–Kier alpha value is -2.55. The van der Waals surface area contributed by atoms with Crippen LogP contribution in [0.15, 0.2) is 12.1 Å². The number of alkyl halides is 3. The van der Waals surface area contributed by atoms with Crippen LogP contribution < -0.4 is 15.2 Å².